The monoisotopic (exact) mass is 520 g/mol. The Hall–Kier alpha value is -5.62. The summed E-state index contributed by atoms with van der Waals surface area (Å²) in [7, 11) is 0. The zero-order valence-corrected chi connectivity index (χ0v) is 21.4. The van der Waals surface area contributed by atoms with E-state index in [-0.39, 0.29) is 11.6 Å². The number of anilines is 2. The molecule has 0 aliphatic heterocycles. The molecule has 2 aliphatic rings. The van der Waals surface area contributed by atoms with Gasteiger partial charge in [0.1, 0.15) is 0 Å². The van der Waals surface area contributed by atoms with E-state index < -0.39 is 0 Å². The topological polar surface area (TPSA) is 84.0 Å². The molecule has 0 fully saturated rings. The second kappa shape index (κ2) is 11.0. The van der Waals surface area contributed by atoms with Crippen molar-refractivity contribution < 1.29 is 9.59 Å². The van der Waals surface area contributed by atoms with Gasteiger partial charge in [0.05, 0.1) is 11.2 Å². The number of ketones is 2. The third kappa shape index (κ3) is 5.33. The van der Waals surface area contributed by atoms with Crippen molar-refractivity contribution in [2.24, 2.45) is 0 Å². The van der Waals surface area contributed by atoms with E-state index in [1.807, 2.05) is 84.9 Å². The Bertz CT molecular complexity index is 1810. The molecule has 0 bridgehead atoms. The van der Waals surface area contributed by atoms with Crippen LogP contribution in [0.2, 0.25) is 0 Å². The average molecular weight is 521 g/mol. The van der Waals surface area contributed by atoms with Crippen LogP contribution in [-0.4, -0.2) is 21.5 Å². The van der Waals surface area contributed by atoms with Crippen LogP contribution in [0.5, 0.6) is 0 Å². The highest BCUT2D eigenvalue weighted by Gasteiger charge is 2.12. The molecule has 0 amide bonds. The largest absolute Gasteiger partial charge is 0.361 e. The lowest BCUT2D eigenvalue weighted by atomic mass is 10.0. The van der Waals surface area contributed by atoms with E-state index in [9.17, 15) is 9.59 Å². The number of rotatable bonds is 6. The molecule has 1 aromatic heterocycles. The lowest BCUT2D eigenvalue weighted by molar-refractivity contribution is -0.111. The van der Waals surface area contributed by atoms with Crippen molar-refractivity contribution in [1.82, 2.24) is 9.97 Å². The van der Waals surface area contributed by atoms with Crippen LogP contribution < -0.4 is 10.6 Å². The van der Waals surface area contributed by atoms with Crippen molar-refractivity contribution in [3.63, 3.8) is 0 Å². The lowest BCUT2D eigenvalue weighted by Crippen LogP contribution is -2.02. The number of nitrogens with zero attached hydrogens (tertiary/aromatic N) is 2. The molecule has 0 unspecified atom stereocenters. The maximum absolute atomic E-state index is 12.0. The van der Waals surface area contributed by atoms with E-state index in [0.717, 1.165) is 39.1 Å². The summed E-state index contributed by atoms with van der Waals surface area (Å²) in [4.78, 5) is 33.7. The summed E-state index contributed by atoms with van der Waals surface area (Å²) in [5.41, 5.74) is 6.45. The molecule has 0 radical (unpaired) electrons. The summed E-state index contributed by atoms with van der Waals surface area (Å²) < 4.78 is 0. The van der Waals surface area contributed by atoms with E-state index in [0.29, 0.717) is 17.0 Å². The minimum absolute atomic E-state index is 0.0265. The first-order valence-corrected chi connectivity index (χ1v) is 12.8. The summed E-state index contributed by atoms with van der Waals surface area (Å²) in [5, 5.41) is 7.35. The first-order valence-electron chi connectivity index (χ1n) is 12.8. The Morgan fingerprint density at radius 3 is 1.65 bits per heavy atom. The molecule has 2 N–H and O–H groups in total. The number of para-hydroxylation sites is 1. The van der Waals surface area contributed by atoms with Gasteiger partial charge >= 0.3 is 0 Å². The van der Waals surface area contributed by atoms with Crippen LogP contribution in [0.3, 0.4) is 0 Å². The van der Waals surface area contributed by atoms with Crippen LogP contribution in [0.15, 0.2) is 145 Å². The SMILES string of the molecule is O=C1C=CC=C/C1=C\Nc1ccc(-c2nc(-c3ccc(N/C=C4\C=CC=CC4=O)cc3)c3ccccc3n2)cc1. The normalized spacial score (nSPS) is 16.3. The summed E-state index contributed by atoms with van der Waals surface area (Å²) in [6, 6.07) is 23.7. The fourth-order valence-electron chi connectivity index (χ4n) is 4.39. The van der Waals surface area contributed by atoms with Gasteiger partial charge in [0.15, 0.2) is 17.4 Å². The van der Waals surface area contributed by atoms with Crippen molar-refractivity contribution in [2.75, 3.05) is 10.6 Å². The minimum Gasteiger partial charge on any atom is -0.361 e. The molecular formula is C34H24N4O2. The third-order valence-corrected chi connectivity index (χ3v) is 6.53. The smallest absolute Gasteiger partial charge is 0.187 e. The highest BCUT2D eigenvalue weighted by Crippen LogP contribution is 2.30. The first kappa shape index (κ1) is 24.7. The molecule has 6 nitrogen and oxygen atoms in total. The number of aromatic nitrogens is 2. The molecule has 0 spiro atoms. The van der Waals surface area contributed by atoms with Crippen molar-refractivity contribution in [1.29, 1.82) is 0 Å². The number of hydrogen-bond acceptors (Lipinski definition) is 6. The molecule has 6 heteroatoms. The second-order valence-electron chi connectivity index (χ2n) is 9.22. The Balaban J connectivity index is 1.26. The molecule has 1 heterocycles. The maximum Gasteiger partial charge on any atom is 0.187 e. The number of fused-ring (bicyclic) bond motifs is 1. The summed E-state index contributed by atoms with van der Waals surface area (Å²) in [6.07, 6.45) is 17.2. The Morgan fingerprint density at radius 1 is 0.550 bits per heavy atom. The summed E-state index contributed by atoms with van der Waals surface area (Å²) in [5.74, 6) is 0.566. The highest BCUT2D eigenvalue weighted by atomic mass is 16.1. The van der Waals surface area contributed by atoms with Crippen molar-refractivity contribution in [2.45, 2.75) is 0 Å². The second-order valence-corrected chi connectivity index (χ2v) is 9.22. The number of benzene rings is 3. The zero-order valence-electron chi connectivity index (χ0n) is 21.4. The maximum atomic E-state index is 12.0. The van der Waals surface area contributed by atoms with E-state index in [1.54, 1.807) is 48.9 Å². The molecule has 192 valence electrons. The van der Waals surface area contributed by atoms with Crippen molar-refractivity contribution in [3.05, 3.63) is 145 Å². The zero-order chi connectivity index (χ0) is 27.3. The Morgan fingerprint density at radius 2 is 1.07 bits per heavy atom. The van der Waals surface area contributed by atoms with Crippen LogP contribution in [0, 0.1) is 0 Å². The van der Waals surface area contributed by atoms with Crippen molar-refractivity contribution >= 4 is 33.8 Å². The van der Waals surface area contributed by atoms with Gasteiger partial charge in [-0.1, -0.05) is 54.6 Å². The molecule has 0 saturated heterocycles. The molecule has 4 aromatic rings. The van der Waals surface area contributed by atoms with E-state index in [1.165, 1.54) is 0 Å². The van der Waals surface area contributed by atoms with E-state index >= 15 is 0 Å². The number of carbonyl (C=O) groups is 2. The summed E-state index contributed by atoms with van der Waals surface area (Å²) in [6.45, 7) is 0. The standard InChI is InChI=1S/C34H24N4O2/c39-31-11-5-1-7-25(31)21-35-27-17-13-23(14-18-27)33-29-9-3-4-10-30(29)37-34(38-33)24-15-19-28(20-16-24)36-22-26-8-2-6-12-32(26)40/h1-22,35-36H/b25-21+,26-22+. The van der Waals surface area contributed by atoms with E-state index in [4.69, 9.17) is 9.97 Å². The molecule has 0 atom stereocenters. The van der Waals surface area contributed by atoms with Gasteiger partial charge in [0.25, 0.3) is 0 Å². The Kier molecular flexibility index (Phi) is 6.80. The first-order chi connectivity index (χ1) is 19.6. The molecule has 40 heavy (non-hydrogen) atoms. The van der Waals surface area contributed by atoms with Crippen LogP contribution in [-0.2, 0) is 9.59 Å². The van der Waals surface area contributed by atoms with E-state index in [2.05, 4.69) is 10.6 Å². The number of nitrogens with one attached hydrogen (secondary N) is 2. The summed E-state index contributed by atoms with van der Waals surface area (Å²) >= 11 is 0. The van der Waals surface area contributed by atoms with Crippen LogP contribution in [0.25, 0.3) is 33.5 Å². The molecular weight excluding hydrogens is 496 g/mol. The molecule has 0 saturated carbocycles. The molecule has 6 rings (SSSR count). The highest BCUT2D eigenvalue weighted by molar-refractivity contribution is 6.08. The number of hydrogen-bond donors (Lipinski definition) is 2. The van der Waals surface area contributed by atoms with Crippen LogP contribution in [0.4, 0.5) is 11.4 Å². The fraction of sp³-hybridized carbons (Fsp3) is 0. The third-order valence-electron chi connectivity index (χ3n) is 6.53. The van der Waals surface area contributed by atoms with Gasteiger partial charge in [0, 0.05) is 51.4 Å². The van der Waals surface area contributed by atoms with Gasteiger partial charge in [-0.05, 0) is 66.8 Å². The molecule has 3 aromatic carbocycles. The predicted molar refractivity (Wildman–Crippen MR) is 160 cm³/mol. The van der Waals surface area contributed by atoms with Gasteiger partial charge in [-0.3, -0.25) is 9.59 Å². The number of carbonyl (C=O) groups excluding carboxylic acids is 2. The van der Waals surface area contributed by atoms with Gasteiger partial charge in [-0.15, -0.1) is 0 Å². The lowest BCUT2D eigenvalue weighted by Gasteiger charge is -2.11. The van der Waals surface area contributed by atoms with Crippen molar-refractivity contribution in [3.8, 4) is 22.6 Å². The fourth-order valence-corrected chi connectivity index (χ4v) is 4.39. The average Bonchev–Trinajstić information content (AvgIpc) is 3.00. The predicted octanol–water partition coefficient (Wildman–Crippen LogP) is 6.95. The molecule has 2 aliphatic carbocycles. The van der Waals surface area contributed by atoms with Gasteiger partial charge in [-0.2, -0.15) is 0 Å². The van der Waals surface area contributed by atoms with Crippen LogP contribution in [0.1, 0.15) is 0 Å². The number of allylic oxidation sites excluding steroid dienone is 10. The van der Waals surface area contributed by atoms with Gasteiger partial charge in [0.2, 0.25) is 0 Å². The Labute approximate surface area is 231 Å². The van der Waals surface area contributed by atoms with Crippen LogP contribution >= 0.6 is 0 Å². The quantitative estimate of drug-likeness (QED) is 0.268. The minimum atomic E-state index is -0.0292. The van der Waals surface area contributed by atoms with Gasteiger partial charge in [-0.25, -0.2) is 9.97 Å². The van der Waals surface area contributed by atoms with Gasteiger partial charge < -0.3 is 10.6 Å².